The SMILES string of the molecule is COC(c1ccccn1)C(N)COCc1ccccc1. The number of pyridine rings is 1. The zero-order valence-electron chi connectivity index (χ0n) is 11.6. The maximum Gasteiger partial charge on any atom is 0.116 e. The zero-order chi connectivity index (χ0) is 14.2. The molecular weight excluding hydrogens is 252 g/mol. The standard InChI is InChI=1S/C16H20N2O2/c1-19-16(15-9-5-6-10-18-15)14(17)12-20-11-13-7-3-2-4-8-13/h2-10,14,16H,11-12,17H2,1H3. The fourth-order valence-electron chi connectivity index (χ4n) is 2.03. The molecule has 2 atom stereocenters. The second kappa shape index (κ2) is 7.75. The van der Waals surface area contributed by atoms with Crippen LogP contribution >= 0.6 is 0 Å². The summed E-state index contributed by atoms with van der Waals surface area (Å²) in [5.41, 5.74) is 8.09. The summed E-state index contributed by atoms with van der Waals surface area (Å²) in [4.78, 5) is 4.28. The number of hydrogen-bond donors (Lipinski definition) is 1. The van der Waals surface area contributed by atoms with Crippen LogP contribution in [0.1, 0.15) is 17.4 Å². The number of rotatable bonds is 7. The van der Waals surface area contributed by atoms with Crippen molar-refractivity contribution in [2.24, 2.45) is 5.73 Å². The van der Waals surface area contributed by atoms with Gasteiger partial charge < -0.3 is 15.2 Å². The summed E-state index contributed by atoms with van der Waals surface area (Å²) in [6, 6.07) is 15.5. The van der Waals surface area contributed by atoms with E-state index in [0.29, 0.717) is 13.2 Å². The number of hydrogen-bond acceptors (Lipinski definition) is 4. The fraction of sp³-hybridized carbons (Fsp3) is 0.312. The van der Waals surface area contributed by atoms with Crippen LogP contribution in [0, 0.1) is 0 Å². The predicted octanol–water partition coefficient (Wildman–Crippen LogP) is 2.31. The van der Waals surface area contributed by atoms with Gasteiger partial charge in [-0.1, -0.05) is 36.4 Å². The molecule has 4 nitrogen and oxygen atoms in total. The summed E-state index contributed by atoms with van der Waals surface area (Å²) in [5.74, 6) is 0. The highest BCUT2D eigenvalue weighted by molar-refractivity contribution is 5.13. The third kappa shape index (κ3) is 4.13. The Hall–Kier alpha value is -1.75. The maximum absolute atomic E-state index is 6.13. The van der Waals surface area contributed by atoms with Crippen LogP contribution in [0.2, 0.25) is 0 Å². The average Bonchev–Trinajstić information content (AvgIpc) is 2.50. The summed E-state index contributed by atoms with van der Waals surface area (Å²) in [6.45, 7) is 0.969. The van der Waals surface area contributed by atoms with Crippen molar-refractivity contribution in [2.45, 2.75) is 18.8 Å². The molecule has 0 aliphatic heterocycles. The quantitative estimate of drug-likeness (QED) is 0.840. The number of methoxy groups -OCH3 is 1. The van der Waals surface area contributed by atoms with E-state index < -0.39 is 0 Å². The number of ether oxygens (including phenoxy) is 2. The molecule has 0 saturated heterocycles. The van der Waals surface area contributed by atoms with Crippen LogP contribution < -0.4 is 5.73 Å². The van der Waals surface area contributed by atoms with Crippen LogP contribution in [0.5, 0.6) is 0 Å². The third-order valence-corrected chi connectivity index (χ3v) is 3.04. The van der Waals surface area contributed by atoms with Crippen LogP contribution in [0.25, 0.3) is 0 Å². The van der Waals surface area contributed by atoms with Crippen LogP contribution in [0.3, 0.4) is 0 Å². The van der Waals surface area contributed by atoms with Gasteiger partial charge >= 0.3 is 0 Å². The molecule has 0 aliphatic carbocycles. The maximum atomic E-state index is 6.13. The van der Waals surface area contributed by atoms with Crippen molar-refractivity contribution in [3.8, 4) is 0 Å². The van der Waals surface area contributed by atoms with Crippen molar-refractivity contribution < 1.29 is 9.47 Å². The molecule has 0 fully saturated rings. The number of nitrogens with zero attached hydrogens (tertiary/aromatic N) is 1. The van der Waals surface area contributed by atoms with Gasteiger partial charge in [0.1, 0.15) is 6.10 Å². The van der Waals surface area contributed by atoms with Gasteiger partial charge in [-0.2, -0.15) is 0 Å². The highest BCUT2D eigenvalue weighted by Crippen LogP contribution is 2.17. The van der Waals surface area contributed by atoms with Crippen LogP contribution in [0.15, 0.2) is 54.7 Å². The molecule has 0 amide bonds. The first kappa shape index (κ1) is 14.7. The predicted molar refractivity (Wildman–Crippen MR) is 78.1 cm³/mol. The summed E-state index contributed by atoms with van der Waals surface area (Å²) in [7, 11) is 1.64. The highest BCUT2D eigenvalue weighted by atomic mass is 16.5. The van der Waals surface area contributed by atoms with E-state index in [-0.39, 0.29) is 12.1 Å². The lowest BCUT2D eigenvalue weighted by Crippen LogP contribution is -2.34. The van der Waals surface area contributed by atoms with Crippen molar-refractivity contribution >= 4 is 0 Å². The smallest absolute Gasteiger partial charge is 0.116 e. The van der Waals surface area contributed by atoms with Crippen LogP contribution in [-0.2, 0) is 16.1 Å². The molecule has 2 unspecified atom stereocenters. The minimum Gasteiger partial charge on any atom is -0.375 e. The van der Waals surface area contributed by atoms with Gasteiger partial charge in [0.2, 0.25) is 0 Å². The monoisotopic (exact) mass is 272 g/mol. The topological polar surface area (TPSA) is 57.4 Å². The minimum atomic E-state index is -0.257. The normalized spacial score (nSPS) is 13.9. The van der Waals surface area contributed by atoms with Gasteiger partial charge in [-0.15, -0.1) is 0 Å². The Labute approximate surface area is 119 Å². The van der Waals surface area contributed by atoms with E-state index in [2.05, 4.69) is 4.98 Å². The zero-order valence-corrected chi connectivity index (χ0v) is 11.6. The fourth-order valence-corrected chi connectivity index (χ4v) is 2.03. The lowest BCUT2D eigenvalue weighted by atomic mass is 10.1. The molecule has 20 heavy (non-hydrogen) atoms. The summed E-state index contributed by atoms with van der Waals surface area (Å²) < 4.78 is 11.1. The molecule has 2 N–H and O–H groups in total. The van der Waals surface area contributed by atoms with Gasteiger partial charge in [0.15, 0.2) is 0 Å². The molecule has 0 aliphatic rings. The van der Waals surface area contributed by atoms with Crippen LogP contribution in [0.4, 0.5) is 0 Å². The lowest BCUT2D eigenvalue weighted by molar-refractivity contribution is 0.0260. The molecule has 0 saturated carbocycles. The summed E-state index contributed by atoms with van der Waals surface area (Å²) >= 11 is 0. The van der Waals surface area contributed by atoms with Crippen LogP contribution in [-0.4, -0.2) is 24.7 Å². The highest BCUT2D eigenvalue weighted by Gasteiger charge is 2.20. The van der Waals surface area contributed by atoms with Crippen molar-refractivity contribution in [1.82, 2.24) is 4.98 Å². The number of benzene rings is 1. The molecular formula is C16H20N2O2. The summed E-state index contributed by atoms with van der Waals surface area (Å²) in [6.07, 6.45) is 1.48. The molecule has 1 aromatic carbocycles. The van der Waals surface area contributed by atoms with Crippen molar-refractivity contribution in [3.05, 3.63) is 66.0 Å². The Kier molecular flexibility index (Phi) is 5.68. The molecule has 0 radical (unpaired) electrons. The first-order chi connectivity index (χ1) is 9.81. The first-order valence-electron chi connectivity index (χ1n) is 6.62. The van der Waals surface area contributed by atoms with E-state index in [0.717, 1.165) is 11.3 Å². The number of nitrogens with two attached hydrogens (primary N) is 1. The Bertz CT molecular complexity index is 490. The minimum absolute atomic E-state index is 0.251. The molecule has 1 heterocycles. The second-order valence-corrected chi connectivity index (χ2v) is 4.58. The summed E-state index contributed by atoms with van der Waals surface area (Å²) in [5, 5.41) is 0. The molecule has 4 heteroatoms. The third-order valence-electron chi connectivity index (χ3n) is 3.04. The van der Waals surface area contributed by atoms with Crippen molar-refractivity contribution in [1.29, 1.82) is 0 Å². The largest absolute Gasteiger partial charge is 0.375 e. The van der Waals surface area contributed by atoms with E-state index >= 15 is 0 Å². The van der Waals surface area contributed by atoms with Crippen molar-refractivity contribution in [3.63, 3.8) is 0 Å². The number of aromatic nitrogens is 1. The van der Waals surface area contributed by atoms with E-state index in [9.17, 15) is 0 Å². The van der Waals surface area contributed by atoms with Gasteiger partial charge in [0, 0.05) is 13.3 Å². The molecule has 2 rings (SSSR count). The lowest BCUT2D eigenvalue weighted by Gasteiger charge is -2.22. The van der Waals surface area contributed by atoms with Crippen molar-refractivity contribution in [2.75, 3.05) is 13.7 Å². The van der Waals surface area contributed by atoms with Gasteiger partial charge in [-0.05, 0) is 17.7 Å². The van der Waals surface area contributed by atoms with E-state index in [1.165, 1.54) is 0 Å². The Morgan fingerprint density at radius 1 is 1.10 bits per heavy atom. The molecule has 0 bridgehead atoms. The Balaban J connectivity index is 1.85. The molecule has 106 valence electrons. The van der Waals surface area contributed by atoms with E-state index in [1.807, 2.05) is 48.5 Å². The first-order valence-corrected chi connectivity index (χ1v) is 6.62. The van der Waals surface area contributed by atoms with Gasteiger partial charge in [-0.25, -0.2) is 0 Å². The molecule has 2 aromatic rings. The van der Waals surface area contributed by atoms with E-state index in [1.54, 1.807) is 13.3 Å². The second-order valence-electron chi connectivity index (χ2n) is 4.58. The Morgan fingerprint density at radius 2 is 1.85 bits per heavy atom. The van der Waals surface area contributed by atoms with Gasteiger partial charge in [-0.3, -0.25) is 4.98 Å². The van der Waals surface area contributed by atoms with Gasteiger partial charge in [0.05, 0.1) is 24.9 Å². The van der Waals surface area contributed by atoms with Gasteiger partial charge in [0.25, 0.3) is 0 Å². The Morgan fingerprint density at radius 3 is 2.50 bits per heavy atom. The molecule has 0 spiro atoms. The average molecular weight is 272 g/mol. The van der Waals surface area contributed by atoms with E-state index in [4.69, 9.17) is 15.2 Å². The molecule has 1 aromatic heterocycles.